The molecular weight excluding hydrogens is 272 g/mol. The van der Waals surface area contributed by atoms with Gasteiger partial charge in [0.05, 0.1) is 12.6 Å². The fourth-order valence-electron chi connectivity index (χ4n) is 2.21. The van der Waals surface area contributed by atoms with E-state index >= 15 is 0 Å². The number of urea groups is 1. The number of hydrogen-bond donors (Lipinski definition) is 2. The van der Waals surface area contributed by atoms with Gasteiger partial charge in [-0.2, -0.15) is 11.3 Å². The fraction of sp³-hybridized carbons (Fsp3) is 0.267. The van der Waals surface area contributed by atoms with E-state index in [1.165, 1.54) is 5.56 Å². The molecule has 4 nitrogen and oxygen atoms in total. The van der Waals surface area contributed by atoms with E-state index < -0.39 is 0 Å². The maximum Gasteiger partial charge on any atom is 0.319 e. The maximum absolute atomic E-state index is 11.9. The Labute approximate surface area is 121 Å². The number of thiophene rings is 1. The van der Waals surface area contributed by atoms with Crippen molar-refractivity contribution in [2.45, 2.75) is 12.5 Å². The normalized spacial score (nSPS) is 17.9. The molecule has 0 spiro atoms. The Morgan fingerprint density at radius 3 is 3.00 bits per heavy atom. The van der Waals surface area contributed by atoms with Crippen LogP contribution in [0.25, 0.3) is 11.1 Å². The highest BCUT2D eigenvalue weighted by molar-refractivity contribution is 7.08. The van der Waals surface area contributed by atoms with Gasteiger partial charge in [0.1, 0.15) is 0 Å². The average molecular weight is 288 g/mol. The molecule has 20 heavy (non-hydrogen) atoms. The average Bonchev–Trinajstić information content (AvgIpc) is 3.11. The van der Waals surface area contributed by atoms with Crippen molar-refractivity contribution >= 4 is 23.1 Å². The lowest BCUT2D eigenvalue weighted by molar-refractivity contribution is 0.189. The van der Waals surface area contributed by atoms with E-state index in [1.54, 1.807) is 11.3 Å². The van der Waals surface area contributed by atoms with Crippen molar-refractivity contribution < 1.29 is 9.53 Å². The molecule has 1 saturated heterocycles. The summed E-state index contributed by atoms with van der Waals surface area (Å²) in [6.45, 7) is 1.32. The summed E-state index contributed by atoms with van der Waals surface area (Å²) in [4.78, 5) is 11.9. The monoisotopic (exact) mass is 288 g/mol. The minimum Gasteiger partial charge on any atom is -0.379 e. The van der Waals surface area contributed by atoms with Gasteiger partial charge in [-0.1, -0.05) is 12.1 Å². The number of nitrogens with one attached hydrogen (secondary N) is 2. The van der Waals surface area contributed by atoms with Crippen LogP contribution in [0.2, 0.25) is 0 Å². The maximum atomic E-state index is 11.9. The molecule has 1 aliphatic rings. The molecule has 0 saturated carbocycles. The lowest BCUT2D eigenvalue weighted by Gasteiger charge is -2.12. The first-order valence-electron chi connectivity index (χ1n) is 6.59. The van der Waals surface area contributed by atoms with Gasteiger partial charge in [0, 0.05) is 12.3 Å². The minimum absolute atomic E-state index is 0.120. The predicted molar refractivity (Wildman–Crippen MR) is 81.1 cm³/mol. The van der Waals surface area contributed by atoms with Crippen molar-refractivity contribution in [3.63, 3.8) is 0 Å². The van der Waals surface area contributed by atoms with Gasteiger partial charge >= 0.3 is 6.03 Å². The van der Waals surface area contributed by atoms with Crippen LogP contribution in [0.1, 0.15) is 6.42 Å². The molecular formula is C15H16N2O2S. The molecule has 1 atom stereocenters. The van der Waals surface area contributed by atoms with Crippen LogP contribution in [-0.2, 0) is 4.74 Å². The molecule has 104 valence electrons. The lowest BCUT2D eigenvalue weighted by atomic mass is 10.1. The van der Waals surface area contributed by atoms with Gasteiger partial charge in [-0.25, -0.2) is 4.79 Å². The molecule has 0 unspecified atom stereocenters. The van der Waals surface area contributed by atoms with Gasteiger partial charge in [0.2, 0.25) is 0 Å². The van der Waals surface area contributed by atoms with Crippen LogP contribution in [0.5, 0.6) is 0 Å². The molecule has 3 rings (SSSR count). The Balaban J connectivity index is 1.65. The van der Waals surface area contributed by atoms with E-state index in [-0.39, 0.29) is 12.1 Å². The van der Waals surface area contributed by atoms with Gasteiger partial charge in [-0.3, -0.25) is 0 Å². The lowest BCUT2D eigenvalue weighted by Crippen LogP contribution is -2.38. The van der Waals surface area contributed by atoms with Crippen LogP contribution in [0.15, 0.2) is 41.1 Å². The van der Waals surface area contributed by atoms with Crippen LogP contribution in [0.3, 0.4) is 0 Å². The van der Waals surface area contributed by atoms with Crippen molar-refractivity contribution in [3.8, 4) is 11.1 Å². The van der Waals surface area contributed by atoms with Gasteiger partial charge in [0.15, 0.2) is 0 Å². The highest BCUT2D eigenvalue weighted by atomic mass is 32.1. The first-order valence-corrected chi connectivity index (χ1v) is 7.53. The van der Waals surface area contributed by atoms with Crippen molar-refractivity contribution in [1.29, 1.82) is 0 Å². The third kappa shape index (κ3) is 3.18. The van der Waals surface area contributed by atoms with E-state index in [4.69, 9.17) is 4.74 Å². The highest BCUT2D eigenvalue weighted by Crippen LogP contribution is 2.24. The first kappa shape index (κ1) is 13.1. The standard InChI is InChI=1S/C15H16N2O2S/c18-15(17-14-4-6-19-9-14)16-13-3-1-2-11(8-13)12-5-7-20-10-12/h1-3,5,7-8,10,14H,4,6,9H2,(H2,16,17,18)/t14-/m0/s1. The summed E-state index contributed by atoms with van der Waals surface area (Å²) in [5.74, 6) is 0. The Morgan fingerprint density at radius 1 is 1.30 bits per heavy atom. The molecule has 0 radical (unpaired) electrons. The van der Waals surface area contributed by atoms with Crippen LogP contribution in [0, 0.1) is 0 Å². The van der Waals surface area contributed by atoms with E-state index in [2.05, 4.69) is 22.1 Å². The quantitative estimate of drug-likeness (QED) is 0.910. The third-order valence-electron chi connectivity index (χ3n) is 3.24. The summed E-state index contributed by atoms with van der Waals surface area (Å²) in [5, 5.41) is 9.91. The predicted octanol–water partition coefficient (Wildman–Crippen LogP) is 3.33. The van der Waals surface area contributed by atoms with Crippen molar-refractivity contribution in [2.24, 2.45) is 0 Å². The van der Waals surface area contributed by atoms with Gasteiger partial charge in [0.25, 0.3) is 0 Å². The second-order valence-electron chi connectivity index (χ2n) is 4.75. The van der Waals surface area contributed by atoms with Gasteiger partial charge < -0.3 is 15.4 Å². The fourth-order valence-corrected chi connectivity index (χ4v) is 2.87. The molecule has 2 amide bonds. The van der Waals surface area contributed by atoms with E-state index in [9.17, 15) is 4.79 Å². The smallest absolute Gasteiger partial charge is 0.319 e. The Bertz CT molecular complexity index is 577. The van der Waals surface area contributed by atoms with Gasteiger partial charge in [-0.05, 0) is 46.5 Å². The van der Waals surface area contributed by atoms with Crippen molar-refractivity contribution in [3.05, 3.63) is 41.1 Å². The summed E-state index contributed by atoms with van der Waals surface area (Å²) in [7, 11) is 0. The van der Waals surface area contributed by atoms with Crippen LogP contribution < -0.4 is 10.6 Å². The zero-order valence-electron chi connectivity index (χ0n) is 11.0. The van der Waals surface area contributed by atoms with E-state index in [1.807, 2.05) is 29.6 Å². The topological polar surface area (TPSA) is 50.4 Å². The molecule has 2 N–H and O–H groups in total. The minimum atomic E-state index is -0.178. The summed E-state index contributed by atoms with van der Waals surface area (Å²) in [5.41, 5.74) is 3.07. The van der Waals surface area contributed by atoms with Crippen LogP contribution >= 0.6 is 11.3 Å². The number of ether oxygens (including phenoxy) is 1. The summed E-state index contributed by atoms with van der Waals surface area (Å²) >= 11 is 1.66. The summed E-state index contributed by atoms with van der Waals surface area (Å²) < 4.78 is 5.23. The zero-order valence-corrected chi connectivity index (χ0v) is 11.8. The highest BCUT2D eigenvalue weighted by Gasteiger charge is 2.17. The first-order chi connectivity index (χ1) is 9.81. The molecule has 0 aliphatic carbocycles. The van der Waals surface area contributed by atoms with Crippen LogP contribution in [-0.4, -0.2) is 25.3 Å². The molecule has 5 heteroatoms. The number of anilines is 1. The second kappa shape index (κ2) is 6.07. The second-order valence-corrected chi connectivity index (χ2v) is 5.53. The van der Waals surface area contributed by atoms with E-state index in [0.717, 1.165) is 24.3 Å². The Hall–Kier alpha value is -1.85. The number of amides is 2. The molecule has 1 aromatic carbocycles. The molecule has 0 bridgehead atoms. The molecule has 2 aromatic rings. The summed E-state index contributed by atoms with van der Waals surface area (Å²) in [6, 6.07) is 9.86. The van der Waals surface area contributed by atoms with E-state index in [0.29, 0.717) is 6.61 Å². The van der Waals surface area contributed by atoms with Crippen LogP contribution in [0.4, 0.5) is 10.5 Å². The summed E-state index contributed by atoms with van der Waals surface area (Å²) in [6.07, 6.45) is 0.877. The zero-order chi connectivity index (χ0) is 13.8. The number of carbonyl (C=O) groups is 1. The third-order valence-corrected chi connectivity index (χ3v) is 3.92. The number of hydrogen-bond acceptors (Lipinski definition) is 3. The van der Waals surface area contributed by atoms with Crippen molar-refractivity contribution in [1.82, 2.24) is 5.32 Å². The molecule has 1 fully saturated rings. The Kier molecular flexibility index (Phi) is 3.99. The molecule has 1 aromatic heterocycles. The molecule has 1 aliphatic heterocycles. The number of benzene rings is 1. The SMILES string of the molecule is O=C(Nc1cccc(-c2ccsc2)c1)N[C@H]1CCOC1. The van der Waals surface area contributed by atoms with Crippen molar-refractivity contribution in [2.75, 3.05) is 18.5 Å². The Morgan fingerprint density at radius 2 is 2.25 bits per heavy atom. The van der Waals surface area contributed by atoms with Gasteiger partial charge in [-0.15, -0.1) is 0 Å². The number of carbonyl (C=O) groups excluding carboxylic acids is 1. The largest absolute Gasteiger partial charge is 0.379 e. The molecule has 2 heterocycles. The number of rotatable bonds is 3.